The fraction of sp³-hybridized carbons (Fsp3) is 0.429. The predicted molar refractivity (Wildman–Crippen MR) is 105 cm³/mol. The number of hydrogen-bond acceptors (Lipinski definition) is 3. The molecule has 1 heterocycles. The summed E-state index contributed by atoms with van der Waals surface area (Å²) in [7, 11) is -1.86. The molecule has 1 fully saturated rings. The highest BCUT2D eigenvalue weighted by molar-refractivity contribution is 7.89. The van der Waals surface area contributed by atoms with Crippen LogP contribution in [0.2, 0.25) is 0 Å². The minimum absolute atomic E-state index is 0.160. The Hall–Kier alpha value is -1.85. The zero-order chi connectivity index (χ0) is 19.1. The molecule has 0 saturated carbocycles. The molecule has 5 heteroatoms. The molecule has 0 spiro atoms. The van der Waals surface area contributed by atoms with Crippen molar-refractivity contribution in [3.05, 3.63) is 58.1 Å². The summed E-state index contributed by atoms with van der Waals surface area (Å²) in [4.78, 5) is 0.482. The lowest BCUT2D eigenvalue weighted by molar-refractivity contribution is 0.405. The fourth-order valence-electron chi connectivity index (χ4n) is 3.90. The lowest BCUT2D eigenvalue weighted by atomic mass is 9.97. The smallest absolute Gasteiger partial charge is 0.243 e. The molecule has 0 radical (unpaired) electrons. The molecule has 4 nitrogen and oxygen atoms in total. The first-order valence-electron chi connectivity index (χ1n) is 8.97. The zero-order valence-corrected chi connectivity index (χ0v) is 17.0. The Bertz CT molecular complexity index is 908. The highest BCUT2D eigenvalue weighted by atomic mass is 32.2. The van der Waals surface area contributed by atoms with Crippen LogP contribution >= 0.6 is 0 Å². The number of rotatable bonds is 4. The summed E-state index contributed by atoms with van der Waals surface area (Å²) in [5.41, 5.74) is 4.84. The van der Waals surface area contributed by atoms with Crippen molar-refractivity contribution in [1.82, 2.24) is 4.31 Å². The zero-order valence-electron chi connectivity index (χ0n) is 16.2. The number of ether oxygens (including phenoxy) is 1. The highest BCUT2D eigenvalue weighted by Crippen LogP contribution is 2.37. The molecule has 0 amide bonds. The van der Waals surface area contributed by atoms with Crippen LogP contribution in [0.15, 0.2) is 35.2 Å². The van der Waals surface area contributed by atoms with Gasteiger partial charge in [0.05, 0.1) is 12.0 Å². The average Bonchev–Trinajstić information content (AvgIpc) is 3.11. The molecule has 140 valence electrons. The molecule has 2 aromatic carbocycles. The van der Waals surface area contributed by atoms with E-state index in [-0.39, 0.29) is 5.92 Å². The summed E-state index contributed by atoms with van der Waals surface area (Å²) in [6.45, 7) is 8.79. The van der Waals surface area contributed by atoms with Crippen LogP contribution in [0.4, 0.5) is 0 Å². The van der Waals surface area contributed by atoms with Crippen LogP contribution in [0, 0.1) is 27.7 Å². The van der Waals surface area contributed by atoms with Gasteiger partial charge in [-0.05, 0) is 68.0 Å². The Morgan fingerprint density at radius 2 is 1.65 bits per heavy atom. The lowest BCUT2D eigenvalue weighted by Crippen LogP contribution is -2.30. The highest BCUT2D eigenvalue weighted by Gasteiger charge is 2.36. The van der Waals surface area contributed by atoms with Gasteiger partial charge in [0.25, 0.3) is 0 Å². The van der Waals surface area contributed by atoms with E-state index in [1.54, 1.807) is 11.4 Å². The molecule has 1 saturated heterocycles. The van der Waals surface area contributed by atoms with Crippen molar-refractivity contribution >= 4 is 10.0 Å². The number of nitrogens with zero attached hydrogens (tertiary/aromatic N) is 1. The Morgan fingerprint density at radius 3 is 2.27 bits per heavy atom. The maximum absolute atomic E-state index is 13.4. The second kappa shape index (κ2) is 7.05. The molecular formula is C21H27NO3S. The SMILES string of the molecule is COc1ccccc1C1CCN(S(=O)(=O)c2c(C)c(C)cc(C)c2C)C1. The Labute approximate surface area is 156 Å². The maximum Gasteiger partial charge on any atom is 0.243 e. The van der Waals surface area contributed by atoms with Gasteiger partial charge in [-0.3, -0.25) is 0 Å². The first-order valence-corrected chi connectivity index (χ1v) is 10.4. The number of methoxy groups -OCH3 is 1. The molecule has 3 rings (SSSR count). The summed E-state index contributed by atoms with van der Waals surface area (Å²) in [5.74, 6) is 0.989. The summed E-state index contributed by atoms with van der Waals surface area (Å²) in [5, 5.41) is 0. The molecule has 2 aromatic rings. The van der Waals surface area contributed by atoms with Gasteiger partial charge in [-0.1, -0.05) is 24.3 Å². The van der Waals surface area contributed by atoms with E-state index in [0.717, 1.165) is 40.0 Å². The van der Waals surface area contributed by atoms with Crippen molar-refractivity contribution in [2.24, 2.45) is 0 Å². The fourth-order valence-corrected chi connectivity index (χ4v) is 5.98. The van der Waals surface area contributed by atoms with Crippen LogP contribution in [0.5, 0.6) is 5.75 Å². The van der Waals surface area contributed by atoms with E-state index in [1.165, 1.54) is 0 Å². The van der Waals surface area contributed by atoms with Gasteiger partial charge in [0.2, 0.25) is 10.0 Å². The third-order valence-electron chi connectivity index (χ3n) is 5.62. The van der Waals surface area contributed by atoms with Crippen LogP contribution in [0.3, 0.4) is 0 Å². The van der Waals surface area contributed by atoms with Crippen LogP contribution in [-0.2, 0) is 10.0 Å². The standard InChI is InChI=1S/C21H27NO3S/c1-14-12-15(2)17(4)21(16(14)3)26(23,24)22-11-10-18(13-22)19-8-6-7-9-20(19)25-5/h6-9,12,18H,10-11,13H2,1-5H3. The van der Waals surface area contributed by atoms with Crippen molar-refractivity contribution in [1.29, 1.82) is 0 Å². The van der Waals surface area contributed by atoms with Crippen molar-refractivity contribution in [2.75, 3.05) is 20.2 Å². The van der Waals surface area contributed by atoms with Gasteiger partial charge in [0, 0.05) is 19.0 Å². The number of aryl methyl sites for hydroxylation is 2. The largest absolute Gasteiger partial charge is 0.496 e. The molecule has 0 N–H and O–H groups in total. The second-order valence-corrected chi connectivity index (χ2v) is 9.05. The number of para-hydroxylation sites is 1. The van der Waals surface area contributed by atoms with Gasteiger partial charge in [-0.25, -0.2) is 8.42 Å². The first kappa shape index (κ1) is 18.9. The Morgan fingerprint density at radius 1 is 1.04 bits per heavy atom. The van der Waals surface area contributed by atoms with Crippen LogP contribution < -0.4 is 4.74 Å². The van der Waals surface area contributed by atoms with Crippen LogP contribution in [0.25, 0.3) is 0 Å². The van der Waals surface area contributed by atoms with Crippen molar-refractivity contribution in [3.63, 3.8) is 0 Å². The molecule has 1 aliphatic rings. The van der Waals surface area contributed by atoms with Gasteiger partial charge >= 0.3 is 0 Å². The van der Waals surface area contributed by atoms with E-state index < -0.39 is 10.0 Å². The minimum Gasteiger partial charge on any atom is -0.496 e. The van der Waals surface area contributed by atoms with Gasteiger partial charge in [-0.15, -0.1) is 0 Å². The molecule has 0 aromatic heterocycles. The van der Waals surface area contributed by atoms with E-state index in [2.05, 4.69) is 6.07 Å². The predicted octanol–water partition coefficient (Wildman–Crippen LogP) is 4.11. The summed E-state index contributed by atoms with van der Waals surface area (Å²) in [6.07, 6.45) is 0.808. The Kier molecular flexibility index (Phi) is 5.13. The maximum atomic E-state index is 13.4. The number of hydrogen-bond donors (Lipinski definition) is 0. The van der Waals surface area contributed by atoms with Crippen molar-refractivity contribution < 1.29 is 13.2 Å². The van der Waals surface area contributed by atoms with Gasteiger partial charge in [0.15, 0.2) is 0 Å². The summed E-state index contributed by atoms with van der Waals surface area (Å²) in [6, 6.07) is 9.95. The topological polar surface area (TPSA) is 46.6 Å². The van der Waals surface area contributed by atoms with Gasteiger partial charge < -0.3 is 4.74 Å². The normalized spacial score (nSPS) is 18.3. The second-order valence-electron chi connectivity index (χ2n) is 7.18. The van der Waals surface area contributed by atoms with Crippen molar-refractivity contribution in [2.45, 2.75) is 44.9 Å². The molecule has 1 atom stereocenters. The van der Waals surface area contributed by atoms with E-state index in [9.17, 15) is 8.42 Å². The molecule has 0 aliphatic carbocycles. The average molecular weight is 374 g/mol. The minimum atomic E-state index is -3.51. The monoisotopic (exact) mass is 373 g/mol. The summed E-state index contributed by atoms with van der Waals surface area (Å²) >= 11 is 0. The molecule has 0 bridgehead atoms. The third-order valence-corrected chi connectivity index (χ3v) is 7.76. The first-order chi connectivity index (χ1) is 12.3. The number of sulfonamides is 1. The molecular weight excluding hydrogens is 346 g/mol. The molecule has 26 heavy (non-hydrogen) atoms. The quantitative estimate of drug-likeness (QED) is 0.810. The third kappa shape index (κ3) is 3.14. The van der Waals surface area contributed by atoms with Gasteiger partial charge in [-0.2, -0.15) is 4.31 Å². The van der Waals surface area contributed by atoms with E-state index in [0.29, 0.717) is 18.0 Å². The van der Waals surface area contributed by atoms with Gasteiger partial charge in [0.1, 0.15) is 5.75 Å². The molecule has 1 unspecified atom stereocenters. The summed E-state index contributed by atoms with van der Waals surface area (Å²) < 4.78 is 33.9. The van der Waals surface area contributed by atoms with Crippen LogP contribution in [0.1, 0.15) is 40.2 Å². The Balaban J connectivity index is 1.96. The molecule has 1 aliphatic heterocycles. The van der Waals surface area contributed by atoms with Crippen molar-refractivity contribution in [3.8, 4) is 5.75 Å². The van der Waals surface area contributed by atoms with E-state index in [1.807, 2.05) is 52.0 Å². The lowest BCUT2D eigenvalue weighted by Gasteiger charge is -2.22. The van der Waals surface area contributed by atoms with Crippen LogP contribution in [-0.4, -0.2) is 32.9 Å². The van der Waals surface area contributed by atoms with E-state index in [4.69, 9.17) is 4.74 Å². The number of benzene rings is 2. The van der Waals surface area contributed by atoms with E-state index >= 15 is 0 Å².